The van der Waals surface area contributed by atoms with Crippen LogP contribution in [0.4, 0.5) is 0 Å². The summed E-state index contributed by atoms with van der Waals surface area (Å²) in [7, 11) is 4.10. The summed E-state index contributed by atoms with van der Waals surface area (Å²) < 4.78 is 6.14. The molecule has 0 amide bonds. The van der Waals surface area contributed by atoms with Crippen molar-refractivity contribution in [2.45, 2.75) is 83.3 Å². The normalized spacial score (nSPS) is 40.5. The standard InChI is InChI=1S/C18H35NO/c1-5-15-7-6-8-16(13-15)17(19-3)18(20-4)11-9-14(2)10-12-18/h14-17,19H,5-13H2,1-4H3. The van der Waals surface area contributed by atoms with Gasteiger partial charge >= 0.3 is 0 Å². The Hall–Kier alpha value is -0.0800. The first-order chi connectivity index (χ1) is 9.65. The molecule has 3 unspecified atom stereocenters. The van der Waals surface area contributed by atoms with Gasteiger partial charge in [0, 0.05) is 13.2 Å². The van der Waals surface area contributed by atoms with Crippen LogP contribution in [0.15, 0.2) is 0 Å². The van der Waals surface area contributed by atoms with Crippen LogP contribution in [0.3, 0.4) is 0 Å². The van der Waals surface area contributed by atoms with Crippen LogP contribution in [-0.2, 0) is 4.74 Å². The average Bonchev–Trinajstić information content (AvgIpc) is 2.50. The molecule has 2 aliphatic rings. The van der Waals surface area contributed by atoms with Crippen LogP contribution in [0.5, 0.6) is 0 Å². The molecule has 0 saturated heterocycles. The van der Waals surface area contributed by atoms with Crippen molar-refractivity contribution in [2.24, 2.45) is 17.8 Å². The number of methoxy groups -OCH3 is 1. The Labute approximate surface area is 126 Å². The second-order valence-corrected chi connectivity index (χ2v) is 7.42. The molecule has 2 rings (SSSR count). The molecule has 118 valence electrons. The molecule has 0 aromatic rings. The fourth-order valence-electron chi connectivity index (χ4n) is 4.83. The smallest absolute Gasteiger partial charge is 0.0833 e. The summed E-state index contributed by atoms with van der Waals surface area (Å²) >= 11 is 0. The maximum atomic E-state index is 6.14. The van der Waals surface area contributed by atoms with E-state index >= 15 is 0 Å². The molecule has 0 heterocycles. The second kappa shape index (κ2) is 7.26. The van der Waals surface area contributed by atoms with Gasteiger partial charge in [-0.05, 0) is 63.3 Å². The van der Waals surface area contributed by atoms with Crippen molar-refractivity contribution >= 4 is 0 Å². The predicted molar refractivity (Wildman–Crippen MR) is 86.0 cm³/mol. The summed E-state index contributed by atoms with van der Waals surface area (Å²) in [5.74, 6) is 2.64. The molecular formula is C18H35NO. The summed E-state index contributed by atoms with van der Waals surface area (Å²) in [5.41, 5.74) is 0.0988. The monoisotopic (exact) mass is 281 g/mol. The second-order valence-electron chi connectivity index (χ2n) is 7.42. The number of nitrogens with one attached hydrogen (secondary N) is 1. The number of hydrogen-bond acceptors (Lipinski definition) is 2. The molecule has 2 heteroatoms. The van der Waals surface area contributed by atoms with Gasteiger partial charge in [-0.1, -0.05) is 33.1 Å². The quantitative estimate of drug-likeness (QED) is 0.807. The zero-order chi connectivity index (χ0) is 14.6. The fraction of sp³-hybridized carbons (Fsp3) is 1.00. The van der Waals surface area contributed by atoms with E-state index in [1.807, 2.05) is 7.11 Å². The van der Waals surface area contributed by atoms with E-state index in [2.05, 4.69) is 26.2 Å². The maximum absolute atomic E-state index is 6.14. The van der Waals surface area contributed by atoms with Crippen molar-refractivity contribution in [1.29, 1.82) is 0 Å². The molecule has 0 bridgehead atoms. The van der Waals surface area contributed by atoms with Crippen molar-refractivity contribution in [3.63, 3.8) is 0 Å². The average molecular weight is 281 g/mol. The first-order valence-electron chi connectivity index (χ1n) is 8.87. The Morgan fingerprint density at radius 2 is 1.90 bits per heavy atom. The van der Waals surface area contributed by atoms with E-state index < -0.39 is 0 Å². The summed E-state index contributed by atoms with van der Waals surface area (Å²) in [4.78, 5) is 0. The minimum absolute atomic E-state index is 0.0988. The van der Waals surface area contributed by atoms with Gasteiger partial charge in [0.05, 0.1) is 5.60 Å². The van der Waals surface area contributed by atoms with E-state index in [0.29, 0.717) is 6.04 Å². The van der Waals surface area contributed by atoms with Crippen LogP contribution in [0.25, 0.3) is 0 Å². The molecule has 3 atom stereocenters. The van der Waals surface area contributed by atoms with Crippen molar-refractivity contribution in [2.75, 3.05) is 14.2 Å². The third-order valence-electron chi connectivity index (χ3n) is 6.28. The minimum atomic E-state index is 0.0988. The molecule has 1 N–H and O–H groups in total. The summed E-state index contributed by atoms with van der Waals surface area (Å²) in [6, 6.07) is 0.550. The van der Waals surface area contributed by atoms with E-state index in [4.69, 9.17) is 4.74 Å². The topological polar surface area (TPSA) is 21.3 Å². The number of ether oxygens (including phenoxy) is 1. The first-order valence-corrected chi connectivity index (χ1v) is 8.87. The highest BCUT2D eigenvalue weighted by Crippen LogP contribution is 2.43. The van der Waals surface area contributed by atoms with Gasteiger partial charge in [0.2, 0.25) is 0 Å². The zero-order valence-corrected chi connectivity index (χ0v) is 14.1. The zero-order valence-electron chi connectivity index (χ0n) is 14.1. The number of rotatable bonds is 5. The predicted octanol–water partition coefficient (Wildman–Crippen LogP) is 4.39. The van der Waals surface area contributed by atoms with Crippen LogP contribution >= 0.6 is 0 Å². The minimum Gasteiger partial charge on any atom is -0.377 e. The van der Waals surface area contributed by atoms with Crippen LogP contribution in [0, 0.1) is 17.8 Å². The molecule has 2 aliphatic carbocycles. The third kappa shape index (κ3) is 3.39. The lowest BCUT2D eigenvalue weighted by molar-refractivity contribution is -0.0919. The van der Waals surface area contributed by atoms with E-state index in [1.165, 1.54) is 57.8 Å². The molecule has 0 radical (unpaired) electrons. The van der Waals surface area contributed by atoms with Gasteiger partial charge in [-0.2, -0.15) is 0 Å². The SMILES string of the molecule is CCC1CCCC(C(NC)C2(OC)CCC(C)CC2)C1. The summed E-state index contributed by atoms with van der Waals surface area (Å²) in [6.45, 7) is 4.75. The van der Waals surface area contributed by atoms with Crippen LogP contribution in [-0.4, -0.2) is 25.8 Å². The summed E-state index contributed by atoms with van der Waals surface area (Å²) in [5, 5.41) is 3.67. The van der Waals surface area contributed by atoms with Crippen molar-refractivity contribution < 1.29 is 4.74 Å². The molecule has 0 spiro atoms. The maximum Gasteiger partial charge on any atom is 0.0833 e. The molecule has 0 aromatic carbocycles. The van der Waals surface area contributed by atoms with Gasteiger partial charge in [0.1, 0.15) is 0 Å². The molecule has 0 aromatic heterocycles. The molecular weight excluding hydrogens is 246 g/mol. The molecule has 2 nitrogen and oxygen atoms in total. The Bertz CT molecular complexity index is 283. The van der Waals surface area contributed by atoms with Crippen LogP contribution in [0.2, 0.25) is 0 Å². The van der Waals surface area contributed by atoms with Gasteiger partial charge in [-0.3, -0.25) is 0 Å². The highest BCUT2D eigenvalue weighted by atomic mass is 16.5. The number of likely N-dealkylation sites (N-methyl/N-ethyl adjacent to an activating group) is 1. The lowest BCUT2D eigenvalue weighted by atomic mass is 9.67. The lowest BCUT2D eigenvalue weighted by Gasteiger charge is -2.48. The van der Waals surface area contributed by atoms with Crippen LogP contribution in [0.1, 0.15) is 71.6 Å². The molecule has 2 saturated carbocycles. The Balaban J connectivity index is 2.08. The molecule has 0 aliphatic heterocycles. The first kappa shape index (κ1) is 16.3. The van der Waals surface area contributed by atoms with Crippen molar-refractivity contribution in [3.05, 3.63) is 0 Å². The highest BCUT2D eigenvalue weighted by Gasteiger charge is 2.45. The molecule has 20 heavy (non-hydrogen) atoms. The van der Waals surface area contributed by atoms with Gasteiger partial charge in [0.15, 0.2) is 0 Å². The molecule has 2 fully saturated rings. The van der Waals surface area contributed by atoms with Gasteiger partial charge in [0.25, 0.3) is 0 Å². The largest absolute Gasteiger partial charge is 0.377 e. The van der Waals surface area contributed by atoms with E-state index in [1.54, 1.807) is 0 Å². The van der Waals surface area contributed by atoms with Crippen molar-refractivity contribution in [3.8, 4) is 0 Å². The van der Waals surface area contributed by atoms with Gasteiger partial charge in [-0.15, -0.1) is 0 Å². The highest BCUT2D eigenvalue weighted by molar-refractivity contribution is 5.00. The van der Waals surface area contributed by atoms with E-state index in [9.17, 15) is 0 Å². The Kier molecular flexibility index (Phi) is 5.92. The van der Waals surface area contributed by atoms with Crippen molar-refractivity contribution in [1.82, 2.24) is 5.32 Å². The Morgan fingerprint density at radius 1 is 1.20 bits per heavy atom. The van der Waals surface area contributed by atoms with E-state index in [0.717, 1.165) is 17.8 Å². The van der Waals surface area contributed by atoms with E-state index in [-0.39, 0.29) is 5.60 Å². The lowest BCUT2D eigenvalue weighted by Crippen LogP contribution is -2.57. The number of hydrogen-bond donors (Lipinski definition) is 1. The summed E-state index contributed by atoms with van der Waals surface area (Å²) in [6.07, 6.45) is 12.1. The van der Waals surface area contributed by atoms with Gasteiger partial charge < -0.3 is 10.1 Å². The Morgan fingerprint density at radius 3 is 2.45 bits per heavy atom. The fourth-order valence-corrected chi connectivity index (χ4v) is 4.83. The van der Waals surface area contributed by atoms with Gasteiger partial charge in [-0.25, -0.2) is 0 Å². The third-order valence-corrected chi connectivity index (χ3v) is 6.28. The van der Waals surface area contributed by atoms with Crippen LogP contribution < -0.4 is 5.32 Å².